The maximum Gasteiger partial charge on any atom is 0.315 e. The van der Waals surface area contributed by atoms with Gasteiger partial charge in [-0.1, -0.05) is 43.8 Å². The van der Waals surface area contributed by atoms with E-state index in [9.17, 15) is 9.59 Å². The van der Waals surface area contributed by atoms with Crippen molar-refractivity contribution in [3.05, 3.63) is 65.0 Å². The van der Waals surface area contributed by atoms with Crippen LogP contribution in [0.4, 0.5) is 0 Å². The SMILES string of the molecule is C=Cc1ccc(C(=O)c2c(CC)cc3n2CCC3C(=O)OCC)cc1. The molecule has 1 aliphatic rings. The van der Waals surface area contributed by atoms with Crippen LogP contribution in [-0.4, -0.2) is 22.9 Å². The van der Waals surface area contributed by atoms with E-state index in [2.05, 4.69) is 6.58 Å². The van der Waals surface area contributed by atoms with Gasteiger partial charge >= 0.3 is 5.97 Å². The monoisotopic (exact) mass is 337 g/mol. The van der Waals surface area contributed by atoms with Crippen molar-refractivity contribution in [1.29, 1.82) is 0 Å². The lowest BCUT2D eigenvalue weighted by atomic mass is 10.0. The summed E-state index contributed by atoms with van der Waals surface area (Å²) in [5, 5.41) is 0. The van der Waals surface area contributed by atoms with Gasteiger partial charge in [0.1, 0.15) is 0 Å². The van der Waals surface area contributed by atoms with Gasteiger partial charge in [-0.05, 0) is 37.0 Å². The van der Waals surface area contributed by atoms with Crippen LogP contribution in [-0.2, 0) is 22.5 Å². The number of carbonyl (C=O) groups excluding carboxylic acids is 2. The fraction of sp³-hybridized carbons (Fsp3) is 0.333. The van der Waals surface area contributed by atoms with E-state index in [4.69, 9.17) is 4.74 Å². The maximum atomic E-state index is 13.1. The topological polar surface area (TPSA) is 48.3 Å². The molecule has 130 valence electrons. The van der Waals surface area contributed by atoms with Gasteiger partial charge in [-0.15, -0.1) is 0 Å². The summed E-state index contributed by atoms with van der Waals surface area (Å²) in [5.74, 6) is -0.464. The summed E-state index contributed by atoms with van der Waals surface area (Å²) >= 11 is 0. The number of hydrogen-bond donors (Lipinski definition) is 0. The number of rotatable bonds is 6. The fourth-order valence-corrected chi connectivity index (χ4v) is 3.49. The molecule has 0 aliphatic carbocycles. The van der Waals surface area contributed by atoms with Gasteiger partial charge < -0.3 is 9.30 Å². The van der Waals surface area contributed by atoms with E-state index < -0.39 is 0 Å². The van der Waals surface area contributed by atoms with Crippen LogP contribution in [0.3, 0.4) is 0 Å². The molecule has 4 heteroatoms. The zero-order valence-electron chi connectivity index (χ0n) is 14.7. The van der Waals surface area contributed by atoms with Gasteiger partial charge in [-0.2, -0.15) is 0 Å². The highest BCUT2D eigenvalue weighted by Crippen LogP contribution is 2.35. The van der Waals surface area contributed by atoms with Gasteiger partial charge in [-0.3, -0.25) is 9.59 Å². The summed E-state index contributed by atoms with van der Waals surface area (Å²) in [5.41, 5.74) is 4.23. The van der Waals surface area contributed by atoms with Crippen LogP contribution in [0.25, 0.3) is 6.08 Å². The Morgan fingerprint density at radius 2 is 2.00 bits per heavy atom. The fourth-order valence-electron chi connectivity index (χ4n) is 3.49. The minimum Gasteiger partial charge on any atom is -0.465 e. The van der Waals surface area contributed by atoms with Crippen LogP contribution in [0, 0.1) is 0 Å². The highest BCUT2D eigenvalue weighted by atomic mass is 16.5. The van der Waals surface area contributed by atoms with Crippen molar-refractivity contribution in [2.75, 3.05) is 6.61 Å². The summed E-state index contributed by atoms with van der Waals surface area (Å²) in [7, 11) is 0. The highest BCUT2D eigenvalue weighted by Gasteiger charge is 2.34. The van der Waals surface area contributed by atoms with Crippen molar-refractivity contribution in [1.82, 2.24) is 4.57 Å². The summed E-state index contributed by atoms with van der Waals surface area (Å²) in [6.07, 6.45) is 3.19. The number of nitrogens with zero attached hydrogens (tertiary/aromatic N) is 1. The van der Waals surface area contributed by atoms with Crippen LogP contribution in [0.2, 0.25) is 0 Å². The van der Waals surface area contributed by atoms with E-state index in [1.165, 1.54) is 0 Å². The molecule has 0 spiro atoms. The number of ketones is 1. The molecule has 2 aromatic rings. The molecule has 1 aromatic carbocycles. The van der Waals surface area contributed by atoms with E-state index >= 15 is 0 Å². The summed E-state index contributed by atoms with van der Waals surface area (Å²) in [6, 6.07) is 9.44. The van der Waals surface area contributed by atoms with Crippen molar-refractivity contribution in [3.8, 4) is 0 Å². The third-order valence-corrected chi connectivity index (χ3v) is 4.78. The maximum absolute atomic E-state index is 13.1. The zero-order valence-corrected chi connectivity index (χ0v) is 14.7. The van der Waals surface area contributed by atoms with Gasteiger partial charge in [0.15, 0.2) is 0 Å². The van der Waals surface area contributed by atoms with Crippen molar-refractivity contribution in [3.63, 3.8) is 0 Å². The van der Waals surface area contributed by atoms with E-state index in [1.807, 2.05) is 48.7 Å². The number of hydrogen-bond acceptors (Lipinski definition) is 3. The van der Waals surface area contributed by atoms with E-state index in [0.29, 0.717) is 30.8 Å². The first kappa shape index (κ1) is 17.2. The van der Waals surface area contributed by atoms with Crippen LogP contribution < -0.4 is 0 Å². The summed E-state index contributed by atoms with van der Waals surface area (Å²) in [6.45, 7) is 8.62. The molecule has 0 fully saturated rings. The Hall–Kier alpha value is -2.62. The Balaban J connectivity index is 1.99. The standard InChI is InChI=1S/C21H23NO3/c1-4-14-7-9-16(10-8-14)20(23)19-15(5-2)13-18-17(11-12-22(18)19)21(24)25-6-3/h4,7-10,13,17H,1,5-6,11-12H2,2-3H3. The number of ether oxygens (including phenoxy) is 1. The zero-order chi connectivity index (χ0) is 18.0. The number of benzene rings is 1. The molecule has 25 heavy (non-hydrogen) atoms. The smallest absolute Gasteiger partial charge is 0.315 e. The van der Waals surface area contributed by atoms with Crippen molar-refractivity contribution in [2.24, 2.45) is 0 Å². The molecule has 1 aliphatic heterocycles. The highest BCUT2D eigenvalue weighted by molar-refractivity contribution is 6.09. The van der Waals surface area contributed by atoms with Gasteiger partial charge in [0, 0.05) is 17.8 Å². The Bertz CT molecular complexity index is 814. The molecule has 4 nitrogen and oxygen atoms in total. The molecule has 0 radical (unpaired) electrons. The van der Waals surface area contributed by atoms with Gasteiger partial charge in [0.25, 0.3) is 0 Å². The Labute approximate surface area is 148 Å². The molecule has 1 unspecified atom stereocenters. The summed E-state index contributed by atoms with van der Waals surface area (Å²) in [4.78, 5) is 25.3. The average molecular weight is 337 g/mol. The van der Waals surface area contributed by atoms with Crippen LogP contribution in [0.5, 0.6) is 0 Å². The predicted molar refractivity (Wildman–Crippen MR) is 97.8 cm³/mol. The normalized spacial score (nSPS) is 15.7. The molecule has 1 aromatic heterocycles. The first-order valence-corrected chi connectivity index (χ1v) is 8.76. The molecular formula is C21H23NO3. The second kappa shape index (κ2) is 7.09. The number of carbonyl (C=O) groups is 2. The Kier molecular flexibility index (Phi) is 4.88. The minimum absolute atomic E-state index is 0.00298. The lowest BCUT2D eigenvalue weighted by Gasteiger charge is -2.08. The van der Waals surface area contributed by atoms with Gasteiger partial charge in [0.05, 0.1) is 18.2 Å². The molecular weight excluding hydrogens is 314 g/mol. The molecule has 0 amide bonds. The molecule has 3 rings (SSSR count). The average Bonchev–Trinajstić information content (AvgIpc) is 3.19. The van der Waals surface area contributed by atoms with Gasteiger partial charge in [0.2, 0.25) is 5.78 Å². The number of esters is 1. The second-order valence-electron chi connectivity index (χ2n) is 6.20. The van der Waals surface area contributed by atoms with Crippen molar-refractivity contribution in [2.45, 2.75) is 39.2 Å². The summed E-state index contributed by atoms with van der Waals surface area (Å²) < 4.78 is 7.19. The molecule has 0 N–H and O–H groups in total. The third-order valence-electron chi connectivity index (χ3n) is 4.78. The van der Waals surface area contributed by atoms with E-state index in [-0.39, 0.29) is 17.7 Å². The van der Waals surface area contributed by atoms with E-state index in [0.717, 1.165) is 23.2 Å². The number of aryl methyl sites for hydroxylation is 1. The molecule has 0 saturated carbocycles. The molecule has 1 atom stereocenters. The number of aromatic nitrogens is 1. The van der Waals surface area contributed by atoms with Crippen molar-refractivity contribution >= 4 is 17.8 Å². The van der Waals surface area contributed by atoms with Crippen LogP contribution in [0.15, 0.2) is 36.9 Å². The molecule has 2 heterocycles. The minimum atomic E-state index is -0.269. The van der Waals surface area contributed by atoms with Crippen molar-refractivity contribution < 1.29 is 14.3 Å². The molecule has 0 bridgehead atoms. The quantitative estimate of drug-likeness (QED) is 0.592. The lowest BCUT2D eigenvalue weighted by Crippen LogP contribution is -2.13. The first-order chi connectivity index (χ1) is 12.1. The Morgan fingerprint density at radius 3 is 2.60 bits per heavy atom. The third kappa shape index (κ3) is 3.04. The second-order valence-corrected chi connectivity index (χ2v) is 6.20. The largest absolute Gasteiger partial charge is 0.465 e. The van der Waals surface area contributed by atoms with E-state index in [1.54, 1.807) is 6.08 Å². The first-order valence-electron chi connectivity index (χ1n) is 8.76. The van der Waals surface area contributed by atoms with Crippen LogP contribution in [0.1, 0.15) is 59.1 Å². The lowest BCUT2D eigenvalue weighted by molar-refractivity contribution is -0.144. The Morgan fingerprint density at radius 1 is 1.28 bits per heavy atom. The number of fused-ring (bicyclic) bond motifs is 1. The predicted octanol–water partition coefficient (Wildman–Crippen LogP) is 3.97. The van der Waals surface area contributed by atoms with Gasteiger partial charge in [-0.25, -0.2) is 0 Å². The molecule has 0 saturated heterocycles. The van der Waals surface area contributed by atoms with Crippen LogP contribution >= 0.6 is 0 Å².